The van der Waals surface area contributed by atoms with E-state index in [0.717, 1.165) is 27.1 Å². The second-order valence-corrected chi connectivity index (χ2v) is 10.4. The van der Waals surface area contributed by atoms with Crippen molar-refractivity contribution in [1.29, 1.82) is 0 Å². The van der Waals surface area contributed by atoms with E-state index >= 15 is 0 Å². The third kappa shape index (κ3) is 3.94. The number of ether oxygens (including phenoxy) is 2. The quantitative estimate of drug-likeness (QED) is 0.405. The molecule has 2 aliphatic heterocycles. The van der Waals surface area contributed by atoms with Crippen molar-refractivity contribution in [2.75, 3.05) is 30.9 Å². The Morgan fingerprint density at radius 1 is 1.16 bits per heavy atom. The summed E-state index contributed by atoms with van der Waals surface area (Å²) in [7, 11) is 2.98. The monoisotopic (exact) mass is 518 g/mol. The molecule has 0 fully saturated rings. The molecule has 0 aliphatic carbocycles. The fourth-order valence-corrected chi connectivity index (χ4v) is 5.54. The number of amides is 1. The number of halogens is 1. The molecule has 190 valence electrons. The fraction of sp³-hybridized carbons (Fsp3) is 0.276. The molecule has 1 amide bonds. The Bertz CT molecular complexity index is 1470. The molecule has 3 aromatic rings. The van der Waals surface area contributed by atoms with Crippen molar-refractivity contribution in [1.82, 2.24) is 0 Å². The van der Waals surface area contributed by atoms with Crippen LogP contribution in [-0.4, -0.2) is 37.1 Å². The first kappa shape index (κ1) is 24.8. The topological polar surface area (TPSA) is 70.9 Å². The summed E-state index contributed by atoms with van der Waals surface area (Å²) in [5.74, 6) is 0.737. The summed E-state index contributed by atoms with van der Waals surface area (Å²) in [4.78, 5) is 27.4. The molecule has 2 heterocycles. The molecule has 1 spiro atoms. The largest absolute Gasteiger partial charge is 0.493 e. The average Bonchev–Trinajstić information content (AvgIpc) is 3.03. The number of carbonyl (C=O) groups is 1. The normalized spacial score (nSPS) is 18.7. The van der Waals surface area contributed by atoms with Gasteiger partial charge in [0.15, 0.2) is 18.5 Å². The van der Waals surface area contributed by atoms with E-state index in [2.05, 4.69) is 25.2 Å². The van der Waals surface area contributed by atoms with E-state index in [9.17, 15) is 9.70 Å². The first-order valence-corrected chi connectivity index (χ1v) is 12.4. The number of hydrogen-bond donors (Lipinski definition) is 1. The van der Waals surface area contributed by atoms with Crippen LogP contribution >= 0.6 is 11.6 Å². The Labute approximate surface area is 221 Å². The highest BCUT2D eigenvalue weighted by atomic mass is 35.5. The third-order valence-corrected chi connectivity index (χ3v) is 7.58. The van der Waals surface area contributed by atoms with Gasteiger partial charge in [-0.1, -0.05) is 35.9 Å². The molecule has 0 saturated carbocycles. The lowest BCUT2D eigenvalue weighted by atomic mass is 9.76. The molecule has 2 aliphatic rings. The van der Waals surface area contributed by atoms with E-state index in [-0.39, 0.29) is 12.5 Å². The van der Waals surface area contributed by atoms with E-state index in [1.54, 1.807) is 25.3 Å². The minimum absolute atomic E-state index is 0.0218. The predicted octanol–water partition coefficient (Wildman–Crippen LogP) is 6.24. The van der Waals surface area contributed by atoms with Gasteiger partial charge in [-0.2, -0.15) is 0 Å². The highest BCUT2D eigenvalue weighted by Crippen LogP contribution is 2.56. The predicted molar refractivity (Wildman–Crippen MR) is 146 cm³/mol. The van der Waals surface area contributed by atoms with Crippen molar-refractivity contribution in [3.63, 3.8) is 0 Å². The highest BCUT2D eigenvalue weighted by molar-refractivity contribution is 6.33. The number of rotatable bonds is 5. The molecule has 0 radical (unpaired) electrons. The lowest BCUT2D eigenvalue weighted by molar-refractivity contribution is -0.428. The zero-order chi connectivity index (χ0) is 26.5. The van der Waals surface area contributed by atoms with Crippen molar-refractivity contribution in [2.24, 2.45) is 0 Å². The Balaban J connectivity index is 1.58. The molecular weight excluding hydrogens is 490 g/mol. The van der Waals surface area contributed by atoms with E-state index in [1.165, 1.54) is 7.05 Å². The number of para-hydroxylation sites is 1. The number of fused-ring (bicyclic) bond motifs is 2. The Morgan fingerprint density at radius 3 is 2.62 bits per heavy atom. The van der Waals surface area contributed by atoms with Gasteiger partial charge in [-0.05, 0) is 62.2 Å². The van der Waals surface area contributed by atoms with E-state index < -0.39 is 11.1 Å². The van der Waals surface area contributed by atoms with Crippen LogP contribution in [-0.2, 0) is 10.2 Å². The zero-order valence-corrected chi connectivity index (χ0v) is 22.2. The van der Waals surface area contributed by atoms with Crippen LogP contribution in [0.15, 0.2) is 60.7 Å². The van der Waals surface area contributed by atoms with Gasteiger partial charge >= 0.3 is 0 Å². The van der Waals surface area contributed by atoms with E-state index in [1.807, 2.05) is 54.3 Å². The van der Waals surface area contributed by atoms with Gasteiger partial charge in [0, 0.05) is 27.0 Å². The summed E-state index contributed by atoms with van der Waals surface area (Å²) < 4.78 is 13.2. The second-order valence-electron chi connectivity index (χ2n) is 9.96. The third-order valence-electron chi connectivity index (χ3n) is 7.26. The molecule has 5 rings (SSSR count). The Kier molecular flexibility index (Phi) is 5.99. The molecule has 0 bridgehead atoms. The van der Waals surface area contributed by atoms with Gasteiger partial charge in [-0.15, -0.1) is 0 Å². The van der Waals surface area contributed by atoms with Crippen LogP contribution in [0.4, 0.5) is 17.1 Å². The number of carbonyl (C=O) groups excluding carboxylic acids is 1. The Hall–Kier alpha value is -3.84. The average molecular weight is 519 g/mol. The second kappa shape index (κ2) is 8.92. The molecule has 8 heteroatoms. The van der Waals surface area contributed by atoms with Crippen molar-refractivity contribution < 1.29 is 19.0 Å². The number of hydrogen-bond acceptors (Lipinski definition) is 5. The summed E-state index contributed by atoms with van der Waals surface area (Å²) >= 11 is 6.38. The Morgan fingerprint density at radius 2 is 1.92 bits per heavy atom. The summed E-state index contributed by atoms with van der Waals surface area (Å²) in [5.41, 5.74) is 3.13. The molecule has 37 heavy (non-hydrogen) atoms. The van der Waals surface area contributed by atoms with Gasteiger partial charge in [0.05, 0.1) is 29.3 Å². The molecule has 0 saturated heterocycles. The molecule has 0 aromatic heterocycles. The first-order chi connectivity index (χ1) is 17.6. The standard InChI is InChI=1S/C29H28ClN3O4/c1-18-10-11-23(22(30)14-18)31-26(34)17-33-24-9-7-6-8-21(24)28(2,3)29(33)13-12-19-15-20(32(4)35)16-25(36-5)27(19)37-29/h6-16H,17H2,1-5H3/p+1. The summed E-state index contributed by atoms with van der Waals surface area (Å²) in [5, 5.41) is 3.43. The van der Waals surface area contributed by atoms with Crippen molar-refractivity contribution >= 4 is 40.6 Å². The summed E-state index contributed by atoms with van der Waals surface area (Å²) in [6.07, 6.45) is 3.90. The highest BCUT2D eigenvalue weighted by Gasteiger charge is 2.59. The van der Waals surface area contributed by atoms with Gasteiger partial charge in [0.2, 0.25) is 11.6 Å². The van der Waals surface area contributed by atoms with Crippen molar-refractivity contribution in [3.8, 4) is 11.5 Å². The van der Waals surface area contributed by atoms with Gasteiger partial charge in [-0.25, -0.2) is 0 Å². The minimum Gasteiger partial charge on any atom is -0.493 e. The number of nitroso groups, excluding NO2 is 1. The molecule has 1 N–H and O–H groups in total. The van der Waals surface area contributed by atoms with Crippen molar-refractivity contribution in [2.45, 2.75) is 31.9 Å². The minimum atomic E-state index is -1.03. The van der Waals surface area contributed by atoms with Crippen LogP contribution in [0.1, 0.15) is 30.5 Å². The molecular formula is C29H29ClN3O4+. The maximum absolute atomic E-state index is 13.4. The number of methoxy groups -OCH3 is 1. The summed E-state index contributed by atoms with van der Waals surface area (Å²) in [6.45, 7) is 6.17. The van der Waals surface area contributed by atoms with Gasteiger partial charge < -0.3 is 19.7 Å². The van der Waals surface area contributed by atoms with E-state index in [0.29, 0.717) is 27.9 Å². The van der Waals surface area contributed by atoms with Crippen LogP contribution in [0, 0.1) is 11.8 Å². The first-order valence-electron chi connectivity index (χ1n) is 12.0. The maximum Gasteiger partial charge on any atom is 0.260 e. The van der Waals surface area contributed by atoms with Gasteiger partial charge in [0.1, 0.15) is 6.54 Å². The number of aryl methyl sites for hydroxylation is 1. The van der Waals surface area contributed by atoms with Crippen LogP contribution in [0.3, 0.4) is 0 Å². The number of nitrogens with one attached hydrogen (secondary N) is 1. The van der Waals surface area contributed by atoms with Crippen LogP contribution in [0.25, 0.3) is 6.08 Å². The fourth-order valence-electron chi connectivity index (χ4n) is 5.25. The van der Waals surface area contributed by atoms with Gasteiger partial charge in [-0.3, -0.25) is 4.79 Å². The lowest BCUT2D eigenvalue weighted by Crippen LogP contribution is -2.61. The smallest absolute Gasteiger partial charge is 0.260 e. The number of nitrogens with zero attached hydrogens (tertiary/aromatic N) is 2. The molecule has 1 unspecified atom stereocenters. The van der Waals surface area contributed by atoms with Crippen LogP contribution < -0.4 is 19.7 Å². The van der Waals surface area contributed by atoms with Crippen molar-refractivity contribution in [3.05, 3.63) is 87.3 Å². The summed E-state index contributed by atoms with van der Waals surface area (Å²) in [6, 6.07) is 16.9. The van der Waals surface area contributed by atoms with Crippen LogP contribution in [0.2, 0.25) is 5.02 Å². The molecule has 1 atom stereocenters. The maximum atomic E-state index is 13.4. The molecule has 3 aromatic carbocycles. The zero-order valence-electron chi connectivity index (χ0n) is 21.5. The van der Waals surface area contributed by atoms with Gasteiger partial charge in [0.25, 0.3) is 5.69 Å². The van der Waals surface area contributed by atoms with Crippen LogP contribution in [0.5, 0.6) is 11.5 Å². The lowest BCUT2D eigenvalue weighted by Gasteiger charge is -2.47. The number of benzene rings is 3. The van der Waals surface area contributed by atoms with E-state index in [4.69, 9.17) is 21.1 Å². The molecule has 7 nitrogen and oxygen atoms in total. The SMILES string of the molecule is COc1cc([N+](C)=O)cc2c1OC1(C=C2)N(CC(=O)Nc2ccc(C)cc2Cl)c2ccccc2C1(C)C. The number of anilines is 2.